The molecule has 4 aromatic rings. The van der Waals surface area contributed by atoms with Crippen molar-refractivity contribution in [3.05, 3.63) is 95.0 Å². The molecule has 0 radical (unpaired) electrons. The van der Waals surface area contributed by atoms with Crippen LogP contribution in [0.3, 0.4) is 0 Å². The van der Waals surface area contributed by atoms with Crippen molar-refractivity contribution in [1.82, 2.24) is 14.8 Å². The third kappa shape index (κ3) is 3.92. The first kappa shape index (κ1) is 17.8. The second-order valence-corrected chi connectivity index (χ2v) is 7.58. The van der Waals surface area contributed by atoms with E-state index in [9.17, 15) is 0 Å². The van der Waals surface area contributed by atoms with Crippen molar-refractivity contribution in [2.75, 3.05) is 0 Å². The minimum Gasteiger partial charge on any atom is -0.270 e. The van der Waals surface area contributed by atoms with Crippen molar-refractivity contribution in [1.29, 1.82) is 0 Å². The Kier molecular flexibility index (Phi) is 5.28. The number of aryl methyl sites for hydroxylation is 1. The molecule has 0 saturated heterocycles. The first-order valence-corrected chi connectivity index (χ1v) is 10.0. The summed E-state index contributed by atoms with van der Waals surface area (Å²) in [5.41, 5.74) is 4.38. The molecule has 0 aliphatic carbocycles. The van der Waals surface area contributed by atoms with Gasteiger partial charge in [0.25, 0.3) is 0 Å². The number of aromatic nitrogens is 3. The third-order valence-corrected chi connectivity index (χ3v) is 5.59. The average Bonchev–Trinajstić information content (AvgIpc) is 3.12. The molecule has 0 aliphatic heterocycles. The number of rotatable bonds is 5. The number of hydrogen-bond acceptors (Lipinski definition) is 3. The molecule has 0 saturated carbocycles. The van der Waals surface area contributed by atoms with Crippen LogP contribution in [0.15, 0.2) is 84.0 Å². The summed E-state index contributed by atoms with van der Waals surface area (Å²) in [5, 5.41) is 10.6. The molecule has 0 atom stereocenters. The number of halogens is 1. The summed E-state index contributed by atoms with van der Waals surface area (Å²) in [6, 6.07) is 26.4. The van der Waals surface area contributed by atoms with Gasteiger partial charge < -0.3 is 0 Å². The molecule has 0 bridgehead atoms. The van der Waals surface area contributed by atoms with Gasteiger partial charge in [0.1, 0.15) is 0 Å². The van der Waals surface area contributed by atoms with Crippen molar-refractivity contribution in [3.8, 4) is 17.1 Å². The van der Waals surface area contributed by atoms with E-state index in [4.69, 9.17) is 11.6 Å². The number of thioether (sulfide) groups is 1. The van der Waals surface area contributed by atoms with Crippen molar-refractivity contribution in [2.45, 2.75) is 17.8 Å². The van der Waals surface area contributed by atoms with Crippen LogP contribution in [0, 0.1) is 6.92 Å². The van der Waals surface area contributed by atoms with Crippen molar-refractivity contribution >= 4 is 23.4 Å². The van der Waals surface area contributed by atoms with Crippen LogP contribution in [-0.4, -0.2) is 14.8 Å². The maximum atomic E-state index is 6.31. The lowest BCUT2D eigenvalue weighted by atomic mass is 10.2. The number of nitrogens with zero attached hydrogens (tertiary/aromatic N) is 3. The van der Waals surface area contributed by atoms with Gasteiger partial charge in [-0.3, -0.25) is 4.57 Å². The Morgan fingerprint density at radius 3 is 2.44 bits per heavy atom. The predicted octanol–water partition coefficient (Wildman–Crippen LogP) is 6.19. The van der Waals surface area contributed by atoms with E-state index in [1.165, 1.54) is 5.56 Å². The van der Waals surface area contributed by atoms with Gasteiger partial charge in [-0.15, -0.1) is 10.2 Å². The monoisotopic (exact) mass is 391 g/mol. The van der Waals surface area contributed by atoms with Gasteiger partial charge in [-0.2, -0.15) is 0 Å². The second kappa shape index (κ2) is 7.99. The molecule has 0 unspecified atom stereocenters. The highest BCUT2D eigenvalue weighted by atomic mass is 35.5. The van der Waals surface area contributed by atoms with Crippen LogP contribution in [0.5, 0.6) is 0 Å². The maximum absolute atomic E-state index is 6.31. The fourth-order valence-electron chi connectivity index (χ4n) is 2.90. The summed E-state index contributed by atoms with van der Waals surface area (Å²) in [6.07, 6.45) is 0. The smallest absolute Gasteiger partial charge is 0.196 e. The molecule has 3 aromatic carbocycles. The van der Waals surface area contributed by atoms with Gasteiger partial charge >= 0.3 is 0 Å². The topological polar surface area (TPSA) is 30.7 Å². The average molecular weight is 392 g/mol. The summed E-state index contributed by atoms with van der Waals surface area (Å²) in [7, 11) is 0. The van der Waals surface area contributed by atoms with Gasteiger partial charge in [0.15, 0.2) is 11.0 Å². The van der Waals surface area contributed by atoms with Gasteiger partial charge in [-0.05, 0) is 36.2 Å². The Morgan fingerprint density at radius 2 is 1.67 bits per heavy atom. The normalized spacial score (nSPS) is 10.9. The van der Waals surface area contributed by atoms with Crippen molar-refractivity contribution < 1.29 is 0 Å². The molecule has 134 valence electrons. The largest absolute Gasteiger partial charge is 0.270 e. The molecule has 27 heavy (non-hydrogen) atoms. The Balaban J connectivity index is 1.75. The fraction of sp³-hybridized carbons (Fsp3) is 0.0909. The predicted molar refractivity (Wildman–Crippen MR) is 113 cm³/mol. The van der Waals surface area contributed by atoms with Crippen LogP contribution in [0.25, 0.3) is 17.1 Å². The Bertz CT molecular complexity index is 1060. The zero-order valence-corrected chi connectivity index (χ0v) is 16.4. The zero-order chi connectivity index (χ0) is 18.6. The highest BCUT2D eigenvalue weighted by Crippen LogP contribution is 2.31. The van der Waals surface area contributed by atoms with Gasteiger partial charge in [-0.1, -0.05) is 84.0 Å². The maximum Gasteiger partial charge on any atom is 0.196 e. The Labute approximate surface area is 168 Å². The van der Waals surface area contributed by atoms with Gasteiger partial charge in [0, 0.05) is 22.0 Å². The van der Waals surface area contributed by atoms with E-state index in [2.05, 4.69) is 58.1 Å². The summed E-state index contributed by atoms with van der Waals surface area (Å²) in [6.45, 7) is 2.09. The van der Waals surface area contributed by atoms with Crippen LogP contribution in [0.2, 0.25) is 5.02 Å². The van der Waals surface area contributed by atoms with Crippen molar-refractivity contribution in [2.24, 2.45) is 0 Å². The van der Waals surface area contributed by atoms with Crippen LogP contribution in [-0.2, 0) is 5.75 Å². The molecule has 0 fully saturated rings. The van der Waals surface area contributed by atoms with E-state index in [1.807, 2.05) is 42.5 Å². The van der Waals surface area contributed by atoms with E-state index >= 15 is 0 Å². The van der Waals surface area contributed by atoms with Crippen LogP contribution < -0.4 is 0 Å². The van der Waals surface area contributed by atoms with Gasteiger partial charge in [0.05, 0.1) is 0 Å². The Morgan fingerprint density at radius 1 is 0.889 bits per heavy atom. The Hall–Kier alpha value is -2.56. The molecule has 0 N–H and O–H groups in total. The molecule has 1 heterocycles. The third-order valence-electron chi connectivity index (χ3n) is 4.24. The first-order valence-electron chi connectivity index (χ1n) is 8.66. The number of benzene rings is 3. The quantitative estimate of drug-likeness (QED) is 0.380. The molecular formula is C22H18ClN3S. The van der Waals surface area contributed by atoms with E-state index < -0.39 is 0 Å². The molecule has 0 spiro atoms. The van der Waals surface area contributed by atoms with Gasteiger partial charge in [-0.25, -0.2) is 0 Å². The lowest BCUT2D eigenvalue weighted by Gasteiger charge is -2.11. The second-order valence-electron chi connectivity index (χ2n) is 6.23. The highest BCUT2D eigenvalue weighted by molar-refractivity contribution is 7.98. The van der Waals surface area contributed by atoms with Crippen LogP contribution in [0.1, 0.15) is 11.1 Å². The molecular weight excluding hydrogens is 374 g/mol. The summed E-state index contributed by atoms with van der Waals surface area (Å²) in [4.78, 5) is 0. The minimum atomic E-state index is 0.735. The highest BCUT2D eigenvalue weighted by Gasteiger charge is 2.16. The van der Waals surface area contributed by atoms with E-state index in [1.54, 1.807) is 11.8 Å². The molecule has 3 nitrogen and oxygen atoms in total. The van der Waals surface area contributed by atoms with E-state index in [0.29, 0.717) is 0 Å². The lowest BCUT2D eigenvalue weighted by Crippen LogP contribution is -2.00. The molecule has 0 amide bonds. The zero-order valence-electron chi connectivity index (χ0n) is 14.8. The summed E-state index contributed by atoms with van der Waals surface area (Å²) < 4.78 is 2.11. The first-order chi connectivity index (χ1) is 13.2. The lowest BCUT2D eigenvalue weighted by molar-refractivity contribution is 0.885. The summed E-state index contributed by atoms with van der Waals surface area (Å²) >= 11 is 7.95. The SMILES string of the molecule is Cc1cccc(-n2c(SCc3ccccc3Cl)nnc2-c2ccccc2)c1. The van der Waals surface area contributed by atoms with Crippen LogP contribution in [0.4, 0.5) is 0 Å². The van der Waals surface area contributed by atoms with E-state index in [0.717, 1.165) is 38.6 Å². The fourth-order valence-corrected chi connectivity index (χ4v) is 4.13. The molecule has 0 aliphatic rings. The molecule has 1 aromatic heterocycles. The van der Waals surface area contributed by atoms with E-state index in [-0.39, 0.29) is 0 Å². The van der Waals surface area contributed by atoms with Gasteiger partial charge in [0.2, 0.25) is 0 Å². The molecule has 4 rings (SSSR count). The standard InChI is InChI=1S/C22H18ClN3S/c1-16-8-7-12-19(14-16)26-21(17-9-3-2-4-10-17)24-25-22(26)27-15-18-11-5-6-13-20(18)23/h2-14H,15H2,1H3. The van der Waals surface area contributed by atoms with Crippen LogP contribution >= 0.6 is 23.4 Å². The number of hydrogen-bond donors (Lipinski definition) is 0. The minimum absolute atomic E-state index is 0.735. The summed E-state index contributed by atoms with van der Waals surface area (Å²) in [5.74, 6) is 1.57. The van der Waals surface area contributed by atoms with Crippen molar-refractivity contribution in [3.63, 3.8) is 0 Å². The molecule has 5 heteroatoms.